The topological polar surface area (TPSA) is 47.8 Å². The molecule has 1 aromatic heterocycles. The maximum atomic E-state index is 11.3. The molecule has 0 unspecified atom stereocenters. The Kier molecular flexibility index (Phi) is 2.81. The van der Waals surface area contributed by atoms with Crippen molar-refractivity contribution in [1.29, 1.82) is 0 Å². The summed E-state index contributed by atoms with van der Waals surface area (Å²) in [5, 5.41) is 7.61. The van der Waals surface area contributed by atoms with Gasteiger partial charge in [0.15, 0.2) is 5.78 Å². The third-order valence-electron chi connectivity index (χ3n) is 1.98. The molecule has 76 valence electrons. The summed E-state index contributed by atoms with van der Waals surface area (Å²) in [4.78, 5) is 11.3. The van der Waals surface area contributed by atoms with Crippen molar-refractivity contribution in [2.45, 2.75) is 6.92 Å². The Bertz CT molecular complexity index is 490. The van der Waals surface area contributed by atoms with Crippen LogP contribution in [0.1, 0.15) is 17.4 Å². The monoisotopic (exact) mass is 313 g/mol. The molecule has 0 bridgehead atoms. The minimum absolute atomic E-state index is 0.0430. The predicted octanol–water partition coefficient (Wildman–Crippen LogP) is 2.07. The summed E-state index contributed by atoms with van der Waals surface area (Å²) in [6, 6.07) is 7.73. The van der Waals surface area contributed by atoms with Crippen LogP contribution in [-0.4, -0.2) is 20.8 Å². The van der Waals surface area contributed by atoms with Gasteiger partial charge >= 0.3 is 0 Å². The molecule has 0 aliphatic carbocycles. The van der Waals surface area contributed by atoms with E-state index in [9.17, 15) is 4.79 Å². The second kappa shape index (κ2) is 4.09. The third kappa shape index (κ3) is 2.06. The third-order valence-corrected chi connectivity index (χ3v) is 2.70. The van der Waals surface area contributed by atoms with Crippen LogP contribution in [0.5, 0.6) is 0 Å². The Morgan fingerprint density at radius 2 is 2.00 bits per heavy atom. The molecule has 0 aliphatic heterocycles. The SMILES string of the molecule is CC(=O)c1cnnn1-c1ccc(I)cc1. The van der Waals surface area contributed by atoms with E-state index < -0.39 is 0 Å². The normalized spacial score (nSPS) is 10.3. The molecule has 0 saturated carbocycles. The summed E-state index contributed by atoms with van der Waals surface area (Å²) < 4.78 is 2.68. The highest BCUT2D eigenvalue weighted by Crippen LogP contribution is 2.12. The summed E-state index contributed by atoms with van der Waals surface area (Å²) >= 11 is 2.22. The van der Waals surface area contributed by atoms with Crippen molar-refractivity contribution in [1.82, 2.24) is 15.0 Å². The molecule has 5 heteroatoms. The van der Waals surface area contributed by atoms with Crippen molar-refractivity contribution in [2.75, 3.05) is 0 Å². The van der Waals surface area contributed by atoms with Crippen molar-refractivity contribution in [3.05, 3.63) is 39.7 Å². The number of ketones is 1. The molecule has 0 spiro atoms. The number of rotatable bonds is 2. The van der Waals surface area contributed by atoms with Crippen molar-refractivity contribution in [3.8, 4) is 5.69 Å². The largest absolute Gasteiger partial charge is 0.293 e. The highest BCUT2D eigenvalue weighted by Gasteiger charge is 2.09. The molecule has 0 radical (unpaired) electrons. The summed E-state index contributed by atoms with van der Waals surface area (Å²) in [6.45, 7) is 1.50. The Morgan fingerprint density at radius 1 is 1.33 bits per heavy atom. The maximum absolute atomic E-state index is 11.3. The predicted molar refractivity (Wildman–Crippen MR) is 64.1 cm³/mol. The van der Waals surface area contributed by atoms with Gasteiger partial charge < -0.3 is 0 Å². The first-order valence-corrected chi connectivity index (χ1v) is 5.44. The second-order valence-corrected chi connectivity index (χ2v) is 4.31. The number of aromatic nitrogens is 3. The lowest BCUT2D eigenvalue weighted by Crippen LogP contribution is -2.05. The zero-order chi connectivity index (χ0) is 10.8. The molecule has 2 rings (SSSR count). The summed E-state index contributed by atoms with van der Waals surface area (Å²) in [5.74, 6) is -0.0430. The lowest BCUT2D eigenvalue weighted by atomic mass is 10.3. The molecular weight excluding hydrogens is 305 g/mol. The van der Waals surface area contributed by atoms with E-state index in [1.54, 1.807) is 4.68 Å². The zero-order valence-electron chi connectivity index (χ0n) is 8.01. The first-order chi connectivity index (χ1) is 7.18. The molecule has 0 amide bonds. The molecule has 4 nitrogen and oxygen atoms in total. The van der Waals surface area contributed by atoms with Gasteiger partial charge in [0.05, 0.1) is 11.9 Å². The lowest BCUT2D eigenvalue weighted by molar-refractivity contribution is 0.101. The molecular formula is C10H8IN3O. The fraction of sp³-hybridized carbons (Fsp3) is 0.100. The van der Waals surface area contributed by atoms with E-state index in [2.05, 4.69) is 32.9 Å². The zero-order valence-corrected chi connectivity index (χ0v) is 10.2. The Morgan fingerprint density at radius 3 is 2.60 bits per heavy atom. The minimum atomic E-state index is -0.0430. The van der Waals surface area contributed by atoms with E-state index in [0.717, 1.165) is 9.26 Å². The van der Waals surface area contributed by atoms with Gasteiger partial charge in [-0.25, -0.2) is 4.68 Å². The molecule has 1 heterocycles. The van der Waals surface area contributed by atoms with Crippen LogP contribution in [0.4, 0.5) is 0 Å². The average Bonchev–Trinajstić information content (AvgIpc) is 2.67. The van der Waals surface area contributed by atoms with Crippen molar-refractivity contribution in [3.63, 3.8) is 0 Å². The Hall–Kier alpha value is -1.24. The summed E-state index contributed by atoms with van der Waals surface area (Å²) in [5.41, 5.74) is 1.34. The summed E-state index contributed by atoms with van der Waals surface area (Å²) in [6.07, 6.45) is 1.47. The molecule has 0 aliphatic rings. The maximum Gasteiger partial charge on any atom is 0.179 e. The smallest absolute Gasteiger partial charge is 0.179 e. The molecule has 1 aromatic carbocycles. The van der Waals surface area contributed by atoms with Crippen LogP contribution in [0.2, 0.25) is 0 Å². The number of hydrogen-bond donors (Lipinski definition) is 0. The molecule has 0 fully saturated rings. The highest BCUT2D eigenvalue weighted by atomic mass is 127. The van der Waals surface area contributed by atoms with Gasteiger partial charge in [-0.1, -0.05) is 5.21 Å². The standard InChI is InChI=1S/C10H8IN3O/c1-7(15)10-6-12-13-14(10)9-4-2-8(11)3-5-9/h2-6H,1H3. The van der Waals surface area contributed by atoms with E-state index in [1.807, 2.05) is 24.3 Å². The number of carbonyl (C=O) groups excluding carboxylic acids is 1. The minimum Gasteiger partial charge on any atom is -0.293 e. The van der Waals surface area contributed by atoms with Gasteiger partial charge in [0.25, 0.3) is 0 Å². The van der Waals surface area contributed by atoms with Crippen LogP contribution in [0, 0.1) is 3.57 Å². The van der Waals surface area contributed by atoms with E-state index in [1.165, 1.54) is 13.1 Å². The molecule has 0 atom stereocenters. The van der Waals surface area contributed by atoms with Crippen molar-refractivity contribution < 1.29 is 4.79 Å². The van der Waals surface area contributed by atoms with Crippen molar-refractivity contribution >= 4 is 28.4 Å². The molecule has 0 saturated heterocycles. The van der Waals surface area contributed by atoms with E-state index in [4.69, 9.17) is 0 Å². The van der Waals surface area contributed by atoms with Gasteiger partial charge in [-0.15, -0.1) is 5.10 Å². The summed E-state index contributed by atoms with van der Waals surface area (Å²) in [7, 11) is 0. The Labute approximate surface area is 100 Å². The number of hydrogen-bond acceptors (Lipinski definition) is 3. The second-order valence-electron chi connectivity index (χ2n) is 3.06. The van der Waals surface area contributed by atoms with Crippen LogP contribution in [0.25, 0.3) is 5.69 Å². The van der Waals surface area contributed by atoms with Crippen LogP contribution in [0.15, 0.2) is 30.5 Å². The quantitative estimate of drug-likeness (QED) is 0.630. The van der Waals surface area contributed by atoms with Crippen LogP contribution < -0.4 is 0 Å². The fourth-order valence-electron chi connectivity index (χ4n) is 1.25. The number of Topliss-reactive ketones (excluding diaryl/α,β-unsaturated/α-hetero) is 1. The van der Waals surface area contributed by atoms with Crippen LogP contribution in [0.3, 0.4) is 0 Å². The first-order valence-electron chi connectivity index (χ1n) is 4.36. The van der Waals surface area contributed by atoms with Gasteiger partial charge in [0, 0.05) is 10.5 Å². The molecule has 15 heavy (non-hydrogen) atoms. The number of halogens is 1. The van der Waals surface area contributed by atoms with Gasteiger partial charge in [0.2, 0.25) is 0 Å². The van der Waals surface area contributed by atoms with Gasteiger partial charge in [-0.05, 0) is 46.9 Å². The van der Waals surface area contributed by atoms with Gasteiger partial charge in [0.1, 0.15) is 5.69 Å². The number of benzene rings is 1. The number of carbonyl (C=O) groups is 1. The van der Waals surface area contributed by atoms with E-state index >= 15 is 0 Å². The molecule has 2 aromatic rings. The number of nitrogens with zero attached hydrogens (tertiary/aromatic N) is 3. The first kappa shape index (κ1) is 10.3. The van der Waals surface area contributed by atoms with E-state index in [-0.39, 0.29) is 5.78 Å². The van der Waals surface area contributed by atoms with Gasteiger partial charge in [-0.3, -0.25) is 4.79 Å². The average molecular weight is 313 g/mol. The van der Waals surface area contributed by atoms with Crippen molar-refractivity contribution in [2.24, 2.45) is 0 Å². The van der Waals surface area contributed by atoms with E-state index in [0.29, 0.717) is 5.69 Å². The van der Waals surface area contributed by atoms with Gasteiger partial charge in [-0.2, -0.15) is 0 Å². The highest BCUT2D eigenvalue weighted by molar-refractivity contribution is 14.1. The molecule has 0 N–H and O–H groups in total. The van der Waals surface area contributed by atoms with Crippen LogP contribution in [-0.2, 0) is 0 Å². The fourth-order valence-corrected chi connectivity index (χ4v) is 1.61. The Balaban J connectivity index is 2.49. The van der Waals surface area contributed by atoms with Crippen LogP contribution >= 0.6 is 22.6 Å². The lowest BCUT2D eigenvalue weighted by Gasteiger charge is -2.03.